The number of benzene rings is 1. The van der Waals surface area contributed by atoms with E-state index in [1.807, 2.05) is 0 Å². The predicted octanol–water partition coefficient (Wildman–Crippen LogP) is 3.28. The Labute approximate surface area is 88.1 Å². The van der Waals surface area contributed by atoms with Crippen LogP contribution >= 0.6 is 11.6 Å². The zero-order valence-electron chi connectivity index (χ0n) is 7.84. The van der Waals surface area contributed by atoms with Crippen LogP contribution in [0.4, 0.5) is 4.39 Å². The van der Waals surface area contributed by atoms with E-state index in [-0.39, 0.29) is 11.9 Å². The van der Waals surface area contributed by atoms with Crippen molar-refractivity contribution in [1.82, 2.24) is 0 Å². The van der Waals surface area contributed by atoms with Crippen LogP contribution in [0, 0.1) is 11.7 Å². The Hall–Kier alpha value is -0.600. The second kappa shape index (κ2) is 3.87. The van der Waals surface area contributed by atoms with Crippen LogP contribution in [0.2, 0.25) is 5.02 Å². The molecule has 3 heteroatoms. The van der Waals surface area contributed by atoms with Gasteiger partial charge in [-0.05, 0) is 36.1 Å². The van der Waals surface area contributed by atoms with Gasteiger partial charge in [0.25, 0.3) is 0 Å². The molecule has 1 aliphatic carbocycles. The quantitative estimate of drug-likeness (QED) is 0.820. The Kier molecular flexibility index (Phi) is 2.75. The van der Waals surface area contributed by atoms with Gasteiger partial charge in [-0.3, -0.25) is 0 Å². The average molecular weight is 214 g/mol. The standard InChI is InChI=1S/C11H13ClFN/c12-9-4-8(5-10(13)6-9)11(14)3-7-1-2-7/h4-7,11H,1-3,14H2. The Bertz CT molecular complexity index is 316. The van der Waals surface area contributed by atoms with Crippen molar-refractivity contribution in [3.8, 4) is 0 Å². The fourth-order valence-corrected chi connectivity index (χ4v) is 1.87. The second-order valence-electron chi connectivity index (χ2n) is 3.99. The third-order valence-electron chi connectivity index (χ3n) is 2.60. The molecule has 0 aliphatic heterocycles. The molecule has 1 aliphatic rings. The van der Waals surface area contributed by atoms with Crippen LogP contribution in [0.3, 0.4) is 0 Å². The molecule has 0 amide bonds. The van der Waals surface area contributed by atoms with Crippen LogP contribution in [0.1, 0.15) is 30.9 Å². The van der Waals surface area contributed by atoms with Crippen molar-refractivity contribution >= 4 is 11.6 Å². The molecule has 2 N–H and O–H groups in total. The first-order valence-electron chi connectivity index (χ1n) is 4.87. The molecule has 0 radical (unpaired) electrons. The maximum atomic E-state index is 13.0. The van der Waals surface area contributed by atoms with E-state index in [4.69, 9.17) is 17.3 Å². The first-order valence-corrected chi connectivity index (χ1v) is 5.24. The molecule has 1 fully saturated rings. The van der Waals surface area contributed by atoms with Gasteiger partial charge >= 0.3 is 0 Å². The third kappa shape index (κ3) is 2.46. The highest BCUT2D eigenvalue weighted by Gasteiger charge is 2.24. The van der Waals surface area contributed by atoms with Gasteiger partial charge < -0.3 is 5.73 Å². The van der Waals surface area contributed by atoms with Crippen LogP contribution in [-0.2, 0) is 0 Å². The molecule has 0 aromatic heterocycles. The number of rotatable bonds is 3. The van der Waals surface area contributed by atoms with Gasteiger partial charge in [-0.2, -0.15) is 0 Å². The van der Waals surface area contributed by atoms with Gasteiger partial charge in [-0.25, -0.2) is 4.39 Å². The molecule has 14 heavy (non-hydrogen) atoms. The van der Waals surface area contributed by atoms with Crippen LogP contribution in [-0.4, -0.2) is 0 Å². The summed E-state index contributed by atoms with van der Waals surface area (Å²) in [6.07, 6.45) is 3.47. The molecule has 1 nitrogen and oxygen atoms in total. The minimum Gasteiger partial charge on any atom is -0.324 e. The summed E-state index contributed by atoms with van der Waals surface area (Å²) in [4.78, 5) is 0. The van der Waals surface area contributed by atoms with E-state index in [2.05, 4.69) is 0 Å². The van der Waals surface area contributed by atoms with E-state index in [9.17, 15) is 4.39 Å². The largest absolute Gasteiger partial charge is 0.324 e. The van der Waals surface area contributed by atoms with E-state index in [1.165, 1.54) is 25.0 Å². The monoisotopic (exact) mass is 213 g/mol. The molecule has 1 aromatic carbocycles. The fourth-order valence-electron chi connectivity index (χ4n) is 1.64. The van der Waals surface area contributed by atoms with Crippen molar-refractivity contribution < 1.29 is 4.39 Å². The van der Waals surface area contributed by atoms with E-state index in [0.717, 1.165) is 17.9 Å². The zero-order chi connectivity index (χ0) is 10.1. The average Bonchev–Trinajstić information content (AvgIpc) is 2.86. The highest BCUT2D eigenvalue weighted by molar-refractivity contribution is 6.30. The summed E-state index contributed by atoms with van der Waals surface area (Å²) in [5.41, 5.74) is 6.76. The molecule has 1 atom stereocenters. The Balaban J connectivity index is 2.12. The molecule has 1 saturated carbocycles. The lowest BCUT2D eigenvalue weighted by Gasteiger charge is -2.11. The fraction of sp³-hybridized carbons (Fsp3) is 0.455. The second-order valence-corrected chi connectivity index (χ2v) is 4.42. The summed E-state index contributed by atoms with van der Waals surface area (Å²) in [6, 6.07) is 4.45. The van der Waals surface area contributed by atoms with Gasteiger partial charge in [0.2, 0.25) is 0 Å². The van der Waals surface area contributed by atoms with Gasteiger partial charge in [0.15, 0.2) is 0 Å². The highest BCUT2D eigenvalue weighted by atomic mass is 35.5. The van der Waals surface area contributed by atoms with Crippen molar-refractivity contribution in [2.75, 3.05) is 0 Å². The van der Waals surface area contributed by atoms with E-state index >= 15 is 0 Å². The Morgan fingerprint density at radius 1 is 1.43 bits per heavy atom. The summed E-state index contributed by atoms with van der Waals surface area (Å²) in [5, 5.41) is 0.422. The van der Waals surface area contributed by atoms with Gasteiger partial charge in [0.1, 0.15) is 5.82 Å². The lowest BCUT2D eigenvalue weighted by Crippen LogP contribution is -2.11. The molecule has 0 bridgehead atoms. The summed E-state index contributed by atoms with van der Waals surface area (Å²) < 4.78 is 13.0. The lowest BCUT2D eigenvalue weighted by atomic mass is 10.0. The number of halogens is 2. The summed E-state index contributed by atoms with van der Waals surface area (Å²) in [6.45, 7) is 0. The SMILES string of the molecule is NC(CC1CC1)c1cc(F)cc(Cl)c1. The molecule has 2 rings (SSSR count). The summed E-state index contributed by atoms with van der Waals surface area (Å²) in [7, 11) is 0. The zero-order valence-corrected chi connectivity index (χ0v) is 8.60. The molecule has 76 valence electrons. The van der Waals surface area contributed by atoms with Crippen LogP contribution in [0.5, 0.6) is 0 Å². The minimum absolute atomic E-state index is 0.0734. The van der Waals surface area contributed by atoms with Crippen LogP contribution < -0.4 is 5.73 Å². The molecule has 0 saturated heterocycles. The minimum atomic E-state index is -0.307. The number of hydrogen-bond donors (Lipinski definition) is 1. The van der Waals surface area contributed by atoms with E-state index in [1.54, 1.807) is 6.07 Å². The normalized spacial score (nSPS) is 18.2. The van der Waals surface area contributed by atoms with Gasteiger partial charge in [0.05, 0.1) is 0 Å². The Morgan fingerprint density at radius 2 is 2.14 bits per heavy atom. The van der Waals surface area contributed by atoms with Gasteiger partial charge in [-0.15, -0.1) is 0 Å². The van der Waals surface area contributed by atoms with Crippen molar-refractivity contribution in [2.24, 2.45) is 11.7 Å². The van der Waals surface area contributed by atoms with Crippen molar-refractivity contribution in [3.63, 3.8) is 0 Å². The van der Waals surface area contributed by atoms with Crippen LogP contribution in [0.25, 0.3) is 0 Å². The third-order valence-corrected chi connectivity index (χ3v) is 2.82. The topological polar surface area (TPSA) is 26.0 Å². The predicted molar refractivity (Wildman–Crippen MR) is 55.7 cm³/mol. The maximum absolute atomic E-state index is 13.0. The van der Waals surface area contributed by atoms with Crippen molar-refractivity contribution in [1.29, 1.82) is 0 Å². The first-order chi connectivity index (χ1) is 6.65. The molecule has 0 spiro atoms. The lowest BCUT2D eigenvalue weighted by molar-refractivity contribution is 0.583. The molecule has 0 heterocycles. The first kappa shape index (κ1) is 9.94. The van der Waals surface area contributed by atoms with Crippen molar-refractivity contribution in [2.45, 2.75) is 25.3 Å². The maximum Gasteiger partial charge on any atom is 0.125 e. The molecular weight excluding hydrogens is 201 g/mol. The molecular formula is C11H13ClFN. The highest BCUT2D eigenvalue weighted by Crippen LogP contribution is 2.37. The summed E-state index contributed by atoms with van der Waals surface area (Å²) >= 11 is 5.75. The van der Waals surface area contributed by atoms with Gasteiger partial charge in [0, 0.05) is 11.1 Å². The van der Waals surface area contributed by atoms with E-state index in [0.29, 0.717) is 5.02 Å². The Morgan fingerprint density at radius 3 is 2.71 bits per heavy atom. The summed E-state index contributed by atoms with van der Waals surface area (Å²) in [5.74, 6) is 0.436. The van der Waals surface area contributed by atoms with E-state index < -0.39 is 0 Å². The number of hydrogen-bond acceptors (Lipinski definition) is 1. The molecule has 1 unspecified atom stereocenters. The van der Waals surface area contributed by atoms with Gasteiger partial charge in [-0.1, -0.05) is 24.4 Å². The van der Waals surface area contributed by atoms with Crippen molar-refractivity contribution in [3.05, 3.63) is 34.6 Å². The molecule has 1 aromatic rings. The number of nitrogens with two attached hydrogens (primary N) is 1. The van der Waals surface area contributed by atoms with Crippen LogP contribution in [0.15, 0.2) is 18.2 Å². The smallest absolute Gasteiger partial charge is 0.125 e.